The molecule has 5 rings (SSSR count). The van der Waals surface area contributed by atoms with Crippen molar-refractivity contribution in [3.8, 4) is 0 Å². The summed E-state index contributed by atoms with van der Waals surface area (Å²) in [7, 11) is 1.64. The van der Waals surface area contributed by atoms with E-state index in [1.165, 1.54) is 16.2 Å². The molecule has 2 aliphatic carbocycles. The van der Waals surface area contributed by atoms with Crippen molar-refractivity contribution in [2.75, 3.05) is 31.6 Å². The third-order valence-corrected chi connectivity index (χ3v) is 7.62. The molecule has 0 spiro atoms. The number of alkyl halides is 2. The Balaban J connectivity index is 1.42. The topological polar surface area (TPSA) is 60.9 Å². The number of thiophene rings is 1. The van der Waals surface area contributed by atoms with Crippen molar-refractivity contribution in [2.24, 2.45) is 11.8 Å². The lowest BCUT2D eigenvalue weighted by atomic mass is 10.0. The van der Waals surface area contributed by atoms with Crippen LogP contribution in [0.25, 0.3) is 0 Å². The van der Waals surface area contributed by atoms with E-state index in [2.05, 4.69) is 0 Å². The molecule has 2 saturated carbocycles. The molecule has 9 heteroatoms. The Morgan fingerprint density at radius 3 is 2.62 bits per heavy atom. The summed E-state index contributed by atoms with van der Waals surface area (Å²) in [5, 5.41) is 0.698. The van der Waals surface area contributed by atoms with Gasteiger partial charge in [-0.2, -0.15) is 0 Å². The van der Waals surface area contributed by atoms with E-state index in [-0.39, 0.29) is 37.1 Å². The Labute approximate surface area is 171 Å². The minimum absolute atomic E-state index is 0.0714. The number of anilines is 1. The van der Waals surface area contributed by atoms with Gasteiger partial charge in [0.25, 0.3) is 11.8 Å². The number of halogens is 2. The summed E-state index contributed by atoms with van der Waals surface area (Å²) in [4.78, 5) is 44.0. The number of carbonyl (C=O) groups excluding carboxylic acids is 3. The number of carbonyl (C=O) groups is 3. The Kier molecular flexibility index (Phi) is 4.24. The summed E-state index contributed by atoms with van der Waals surface area (Å²) in [6.45, 7) is 1.45. The highest BCUT2D eigenvalue weighted by atomic mass is 32.1. The molecule has 0 radical (unpaired) electrons. The van der Waals surface area contributed by atoms with Crippen LogP contribution in [0.4, 0.5) is 13.8 Å². The molecule has 0 N–H and O–H groups in total. The Morgan fingerprint density at radius 2 is 1.97 bits per heavy atom. The molecular weight excluding hydrogens is 400 g/mol. The predicted octanol–water partition coefficient (Wildman–Crippen LogP) is 2.51. The second-order valence-corrected chi connectivity index (χ2v) is 9.81. The lowest BCUT2D eigenvalue weighted by Crippen LogP contribution is -2.39. The first-order valence-electron chi connectivity index (χ1n) is 10.1. The highest BCUT2D eigenvalue weighted by Crippen LogP contribution is 2.51. The lowest BCUT2D eigenvalue weighted by Gasteiger charge is -2.27. The van der Waals surface area contributed by atoms with Gasteiger partial charge in [0, 0.05) is 43.8 Å². The molecule has 1 atom stereocenters. The van der Waals surface area contributed by atoms with E-state index >= 15 is 0 Å². The number of likely N-dealkylation sites (N-methyl/N-ethyl adjacent to an activating group) is 1. The molecule has 156 valence electrons. The Bertz CT molecular complexity index is 911. The highest BCUT2D eigenvalue weighted by Gasteiger charge is 2.57. The maximum atomic E-state index is 13.2. The zero-order valence-corrected chi connectivity index (χ0v) is 17.1. The summed E-state index contributed by atoms with van der Waals surface area (Å²) in [5.41, 5.74) is 1.51. The second-order valence-electron chi connectivity index (χ2n) is 8.72. The molecular formula is C20H23F2N3O3S. The first kappa shape index (κ1) is 19.0. The van der Waals surface area contributed by atoms with Gasteiger partial charge in [-0.3, -0.25) is 14.4 Å². The van der Waals surface area contributed by atoms with Crippen molar-refractivity contribution in [3.63, 3.8) is 0 Å². The largest absolute Gasteiger partial charge is 0.337 e. The van der Waals surface area contributed by atoms with Gasteiger partial charge in [0.05, 0.1) is 12.1 Å². The molecule has 2 fully saturated rings. The van der Waals surface area contributed by atoms with Gasteiger partial charge in [0.2, 0.25) is 11.8 Å². The highest BCUT2D eigenvalue weighted by molar-refractivity contribution is 7.17. The normalized spacial score (nSPS) is 25.6. The van der Waals surface area contributed by atoms with Gasteiger partial charge in [-0.05, 0) is 30.7 Å². The van der Waals surface area contributed by atoms with Crippen LogP contribution in [0, 0.1) is 11.8 Å². The molecule has 4 aliphatic rings. The van der Waals surface area contributed by atoms with Crippen molar-refractivity contribution < 1.29 is 23.2 Å². The van der Waals surface area contributed by atoms with Crippen molar-refractivity contribution in [1.82, 2.24) is 9.80 Å². The summed E-state index contributed by atoms with van der Waals surface area (Å²) in [5.74, 6) is -3.52. The van der Waals surface area contributed by atoms with Gasteiger partial charge in [0.15, 0.2) is 0 Å². The molecule has 3 heterocycles. The van der Waals surface area contributed by atoms with Crippen LogP contribution in [0.3, 0.4) is 0 Å². The van der Waals surface area contributed by atoms with E-state index in [4.69, 9.17) is 0 Å². The molecule has 1 unspecified atom stereocenters. The van der Waals surface area contributed by atoms with Gasteiger partial charge < -0.3 is 14.7 Å². The average Bonchev–Trinajstić information content (AvgIpc) is 3.55. The van der Waals surface area contributed by atoms with Gasteiger partial charge in [-0.15, -0.1) is 11.3 Å². The number of rotatable bonds is 4. The first-order valence-corrected chi connectivity index (χ1v) is 10.9. The zero-order valence-electron chi connectivity index (χ0n) is 16.2. The number of hydrogen-bond acceptors (Lipinski definition) is 4. The number of hydrogen-bond donors (Lipinski definition) is 0. The first-order chi connectivity index (χ1) is 13.7. The van der Waals surface area contributed by atoms with E-state index in [0.29, 0.717) is 42.5 Å². The van der Waals surface area contributed by atoms with Crippen molar-refractivity contribution in [1.29, 1.82) is 0 Å². The zero-order chi connectivity index (χ0) is 20.5. The lowest BCUT2D eigenvalue weighted by molar-refractivity contribution is -0.133. The third-order valence-electron chi connectivity index (χ3n) is 6.38. The van der Waals surface area contributed by atoms with E-state index in [1.807, 2.05) is 0 Å². The third kappa shape index (κ3) is 3.33. The van der Waals surface area contributed by atoms with Gasteiger partial charge >= 0.3 is 0 Å². The summed E-state index contributed by atoms with van der Waals surface area (Å²) in [6.07, 6.45) is 2.38. The van der Waals surface area contributed by atoms with E-state index in [9.17, 15) is 23.2 Å². The average molecular weight is 423 g/mol. The maximum absolute atomic E-state index is 13.2. The van der Waals surface area contributed by atoms with Crippen LogP contribution in [0.1, 0.15) is 46.5 Å². The summed E-state index contributed by atoms with van der Waals surface area (Å²) < 4.78 is 26.4. The number of fused-ring (bicyclic) bond motifs is 3. The summed E-state index contributed by atoms with van der Waals surface area (Å²) >= 11 is 1.41. The van der Waals surface area contributed by atoms with Crippen LogP contribution in [0.2, 0.25) is 0 Å². The summed E-state index contributed by atoms with van der Waals surface area (Å²) in [6, 6.07) is 0. The van der Waals surface area contributed by atoms with E-state index < -0.39 is 11.8 Å². The number of nitrogens with zero attached hydrogens (tertiary/aromatic N) is 3. The fourth-order valence-corrected chi connectivity index (χ4v) is 5.63. The molecule has 29 heavy (non-hydrogen) atoms. The van der Waals surface area contributed by atoms with Crippen LogP contribution >= 0.6 is 11.3 Å². The van der Waals surface area contributed by atoms with Crippen LogP contribution in [0.5, 0.6) is 0 Å². The van der Waals surface area contributed by atoms with Gasteiger partial charge in [-0.1, -0.05) is 0 Å². The monoisotopic (exact) mass is 423 g/mol. The SMILES string of the molecule is CN1CC(=O)N(CC2CC2)c2sc3c(c2C1=O)CCN(C(=O)CC1CC1(F)F)C3. The van der Waals surface area contributed by atoms with Crippen LogP contribution in [-0.2, 0) is 22.6 Å². The Hall–Kier alpha value is -2.03. The molecule has 0 bridgehead atoms. The van der Waals surface area contributed by atoms with Crippen LogP contribution in [0.15, 0.2) is 0 Å². The van der Waals surface area contributed by atoms with Crippen molar-refractivity contribution in [2.45, 2.75) is 44.6 Å². The predicted molar refractivity (Wildman–Crippen MR) is 103 cm³/mol. The molecule has 1 aromatic rings. The second kappa shape index (κ2) is 6.48. The van der Waals surface area contributed by atoms with E-state index in [1.54, 1.807) is 16.8 Å². The molecule has 2 aliphatic heterocycles. The fraction of sp³-hybridized carbons (Fsp3) is 0.650. The fourth-order valence-electron chi connectivity index (χ4n) is 4.25. The quantitative estimate of drug-likeness (QED) is 0.748. The molecule has 0 saturated heterocycles. The van der Waals surface area contributed by atoms with E-state index in [0.717, 1.165) is 23.3 Å². The van der Waals surface area contributed by atoms with Gasteiger partial charge in [0.1, 0.15) is 11.5 Å². The van der Waals surface area contributed by atoms with Crippen molar-refractivity contribution in [3.05, 3.63) is 16.0 Å². The molecule has 1 aromatic heterocycles. The molecule has 0 aromatic carbocycles. The molecule has 3 amide bonds. The van der Waals surface area contributed by atoms with Crippen molar-refractivity contribution >= 4 is 34.1 Å². The van der Waals surface area contributed by atoms with Gasteiger partial charge in [-0.25, -0.2) is 8.78 Å². The minimum atomic E-state index is -2.70. The van der Waals surface area contributed by atoms with Crippen LogP contribution in [-0.4, -0.2) is 60.1 Å². The van der Waals surface area contributed by atoms with Crippen LogP contribution < -0.4 is 4.90 Å². The standard InChI is InChI=1S/C20H23F2N3O3S/c1-23-10-16(27)25(8-11-2-3-11)19-17(18(23)28)13-4-5-24(9-14(13)29-19)15(26)6-12-7-20(12,21)22/h11-12H,2-10H2,1H3. The molecule has 6 nitrogen and oxygen atoms in total. The minimum Gasteiger partial charge on any atom is -0.337 e. The Morgan fingerprint density at radius 1 is 1.24 bits per heavy atom. The number of amides is 3. The smallest absolute Gasteiger partial charge is 0.257 e. The maximum Gasteiger partial charge on any atom is 0.257 e.